The molecule has 1 N–H and O–H groups in total. The maximum atomic E-state index is 14.4. The third-order valence-electron chi connectivity index (χ3n) is 4.69. The number of piperazine rings is 1. The van der Waals surface area contributed by atoms with Gasteiger partial charge >= 0.3 is 0 Å². The molecular weight excluding hydrogens is 275 g/mol. The van der Waals surface area contributed by atoms with Crippen LogP contribution in [0.1, 0.15) is 37.3 Å². The van der Waals surface area contributed by atoms with Crippen molar-refractivity contribution in [1.29, 1.82) is 0 Å². The van der Waals surface area contributed by atoms with Gasteiger partial charge in [-0.05, 0) is 30.9 Å². The number of halogens is 2. The van der Waals surface area contributed by atoms with Crippen LogP contribution in [0.2, 0.25) is 5.02 Å². The van der Waals surface area contributed by atoms with E-state index in [-0.39, 0.29) is 11.9 Å². The zero-order valence-corrected chi connectivity index (χ0v) is 12.5. The Balaban J connectivity index is 1.95. The van der Waals surface area contributed by atoms with E-state index in [1.165, 1.54) is 25.7 Å². The molecule has 2 aliphatic rings. The van der Waals surface area contributed by atoms with Crippen LogP contribution in [0.4, 0.5) is 4.39 Å². The van der Waals surface area contributed by atoms with Crippen LogP contribution in [0, 0.1) is 11.7 Å². The van der Waals surface area contributed by atoms with Gasteiger partial charge in [-0.1, -0.05) is 30.5 Å². The summed E-state index contributed by atoms with van der Waals surface area (Å²) in [4.78, 5) is 2.43. The largest absolute Gasteiger partial charge is 0.314 e. The fraction of sp³-hybridized carbons (Fsp3) is 0.625. The Labute approximate surface area is 125 Å². The van der Waals surface area contributed by atoms with Gasteiger partial charge < -0.3 is 5.32 Å². The van der Waals surface area contributed by atoms with Crippen molar-refractivity contribution in [2.45, 2.75) is 31.7 Å². The quantitative estimate of drug-likeness (QED) is 0.916. The van der Waals surface area contributed by atoms with Crippen LogP contribution in [0.3, 0.4) is 0 Å². The molecule has 1 saturated carbocycles. The highest BCUT2D eigenvalue weighted by Gasteiger charge is 2.34. The molecule has 0 amide bonds. The second kappa shape index (κ2) is 6.42. The second-order valence-electron chi connectivity index (χ2n) is 5.91. The Morgan fingerprint density at radius 3 is 2.55 bits per heavy atom. The molecule has 0 radical (unpaired) electrons. The number of hydrogen-bond acceptors (Lipinski definition) is 2. The predicted molar refractivity (Wildman–Crippen MR) is 80.6 cm³/mol. The van der Waals surface area contributed by atoms with Crippen molar-refractivity contribution < 1.29 is 4.39 Å². The summed E-state index contributed by atoms with van der Waals surface area (Å²) < 4.78 is 14.4. The van der Waals surface area contributed by atoms with E-state index in [0.29, 0.717) is 10.9 Å². The molecular formula is C16H22ClFN2. The molecule has 0 spiro atoms. The molecule has 4 heteroatoms. The molecule has 1 heterocycles. The Morgan fingerprint density at radius 1 is 1.20 bits per heavy atom. The number of rotatable bonds is 3. The second-order valence-corrected chi connectivity index (χ2v) is 6.32. The maximum absolute atomic E-state index is 14.4. The molecule has 2 nitrogen and oxygen atoms in total. The number of hydrogen-bond donors (Lipinski definition) is 1. The van der Waals surface area contributed by atoms with E-state index in [1.807, 2.05) is 6.07 Å². The molecule has 2 fully saturated rings. The lowest BCUT2D eigenvalue weighted by atomic mass is 9.89. The highest BCUT2D eigenvalue weighted by molar-refractivity contribution is 6.31. The predicted octanol–water partition coefficient (Wildman–Crippen LogP) is 3.62. The topological polar surface area (TPSA) is 15.3 Å². The van der Waals surface area contributed by atoms with Gasteiger partial charge in [-0.2, -0.15) is 0 Å². The molecule has 0 aromatic heterocycles. The normalized spacial score (nSPS) is 23.1. The van der Waals surface area contributed by atoms with Crippen LogP contribution in [0.15, 0.2) is 18.2 Å². The molecule has 0 bridgehead atoms. The standard InChI is InChI=1S/C16H22ClFN2/c17-13-6-3-7-14(18)15(13)16(12-4-1-2-5-12)20-10-8-19-9-11-20/h3,6-7,12,16,19H,1-2,4-5,8-11H2/t16-/m0/s1. The summed E-state index contributed by atoms with van der Waals surface area (Å²) in [5.41, 5.74) is 0.725. The van der Waals surface area contributed by atoms with Crippen molar-refractivity contribution in [2.24, 2.45) is 5.92 Å². The van der Waals surface area contributed by atoms with E-state index in [0.717, 1.165) is 31.7 Å². The first-order valence-corrected chi connectivity index (χ1v) is 8.04. The Kier molecular flexibility index (Phi) is 4.59. The highest BCUT2D eigenvalue weighted by Crippen LogP contribution is 2.42. The molecule has 110 valence electrons. The van der Waals surface area contributed by atoms with E-state index >= 15 is 0 Å². The molecule has 1 aromatic carbocycles. The summed E-state index contributed by atoms with van der Waals surface area (Å²) >= 11 is 6.34. The minimum atomic E-state index is -0.145. The first kappa shape index (κ1) is 14.3. The van der Waals surface area contributed by atoms with Crippen LogP contribution in [-0.2, 0) is 0 Å². The van der Waals surface area contributed by atoms with Crippen molar-refractivity contribution in [3.63, 3.8) is 0 Å². The third kappa shape index (κ3) is 2.85. The molecule has 20 heavy (non-hydrogen) atoms. The van der Waals surface area contributed by atoms with Gasteiger partial charge in [0.15, 0.2) is 0 Å². The summed E-state index contributed by atoms with van der Waals surface area (Å²) in [6, 6.07) is 5.22. The lowest BCUT2D eigenvalue weighted by Gasteiger charge is -2.39. The average molecular weight is 297 g/mol. The third-order valence-corrected chi connectivity index (χ3v) is 5.02. The lowest BCUT2D eigenvalue weighted by Crippen LogP contribution is -2.47. The number of nitrogens with zero attached hydrogens (tertiary/aromatic N) is 1. The summed E-state index contributed by atoms with van der Waals surface area (Å²) in [5, 5.41) is 3.96. The van der Waals surface area contributed by atoms with Gasteiger partial charge in [-0.3, -0.25) is 4.90 Å². The van der Waals surface area contributed by atoms with Crippen molar-refractivity contribution >= 4 is 11.6 Å². The molecule has 1 atom stereocenters. The minimum Gasteiger partial charge on any atom is -0.314 e. The van der Waals surface area contributed by atoms with Crippen molar-refractivity contribution in [3.05, 3.63) is 34.6 Å². The van der Waals surface area contributed by atoms with Gasteiger partial charge in [0.2, 0.25) is 0 Å². The molecule has 1 aliphatic carbocycles. The monoisotopic (exact) mass is 296 g/mol. The van der Waals surface area contributed by atoms with Crippen LogP contribution >= 0.6 is 11.6 Å². The average Bonchev–Trinajstić information content (AvgIpc) is 2.98. The van der Waals surface area contributed by atoms with Gasteiger partial charge in [0.05, 0.1) is 0 Å². The first-order chi connectivity index (χ1) is 9.77. The molecule has 1 saturated heterocycles. The fourth-order valence-electron chi connectivity index (χ4n) is 3.74. The summed E-state index contributed by atoms with van der Waals surface area (Å²) in [7, 11) is 0. The van der Waals surface area contributed by atoms with Crippen LogP contribution in [0.5, 0.6) is 0 Å². The van der Waals surface area contributed by atoms with E-state index in [4.69, 9.17) is 11.6 Å². The lowest BCUT2D eigenvalue weighted by molar-refractivity contribution is 0.122. The molecule has 0 unspecified atom stereocenters. The van der Waals surface area contributed by atoms with Crippen molar-refractivity contribution in [1.82, 2.24) is 10.2 Å². The smallest absolute Gasteiger partial charge is 0.129 e. The SMILES string of the molecule is Fc1cccc(Cl)c1[C@H](C1CCCC1)N1CCNCC1. The van der Waals surface area contributed by atoms with E-state index in [1.54, 1.807) is 12.1 Å². The zero-order chi connectivity index (χ0) is 13.9. The minimum absolute atomic E-state index is 0.145. The molecule has 3 rings (SSSR count). The van der Waals surface area contributed by atoms with Gasteiger partial charge in [-0.25, -0.2) is 4.39 Å². The van der Waals surface area contributed by atoms with Crippen LogP contribution in [-0.4, -0.2) is 31.1 Å². The Morgan fingerprint density at radius 2 is 1.90 bits per heavy atom. The highest BCUT2D eigenvalue weighted by atomic mass is 35.5. The van der Waals surface area contributed by atoms with Crippen LogP contribution < -0.4 is 5.32 Å². The first-order valence-electron chi connectivity index (χ1n) is 7.66. The Hall–Kier alpha value is -0.640. The van der Waals surface area contributed by atoms with Crippen molar-refractivity contribution in [2.75, 3.05) is 26.2 Å². The zero-order valence-electron chi connectivity index (χ0n) is 11.7. The fourth-order valence-corrected chi connectivity index (χ4v) is 4.02. The number of benzene rings is 1. The van der Waals surface area contributed by atoms with Gasteiger partial charge in [0.1, 0.15) is 5.82 Å². The van der Waals surface area contributed by atoms with Gasteiger partial charge in [0.25, 0.3) is 0 Å². The summed E-state index contributed by atoms with van der Waals surface area (Å²) in [5.74, 6) is 0.399. The molecule has 1 aliphatic heterocycles. The summed E-state index contributed by atoms with van der Waals surface area (Å²) in [6.07, 6.45) is 4.91. The van der Waals surface area contributed by atoms with E-state index in [9.17, 15) is 4.39 Å². The van der Waals surface area contributed by atoms with Crippen molar-refractivity contribution in [3.8, 4) is 0 Å². The summed E-state index contributed by atoms with van der Waals surface area (Å²) in [6.45, 7) is 3.92. The molecule has 1 aromatic rings. The maximum Gasteiger partial charge on any atom is 0.129 e. The van der Waals surface area contributed by atoms with E-state index in [2.05, 4.69) is 10.2 Å². The van der Waals surface area contributed by atoms with Gasteiger partial charge in [-0.15, -0.1) is 0 Å². The Bertz CT molecular complexity index is 434. The van der Waals surface area contributed by atoms with Gasteiger partial charge in [0, 0.05) is 42.8 Å². The van der Waals surface area contributed by atoms with Crippen LogP contribution in [0.25, 0.3) is 0 Å². The number of nitrogens with one attached hydrogen (secondary N) is 1. The van der Waals surface area contributed by atoms with E-state index < -0.39 is 0 Å².